The zero-order valence-electron chi connectivity index (χ0n) is 35.4. The van der Waals surface area contributed by atoms with E-state index in [2.05, 4.69) is 32.6 Å². The quantitative estimate of drug-likeness (QED) is 0.0382. The van der Waals surface area contributed by atoms with Gasteiger partial charge < -0.3 is 28.6 Å². The maximum Gasteiger partial charge on any atom is 0.508 e. The summed E-state index contributed by atoms with van der Waals surface area (Å²) < 4.78 is 27.7. The van der Waals surface area contributed by atoms with E-state index in [9.17, 15) is 19.2 Å². The summed E-state index contributed by atoms with van der Waals surface area (Å²) in [6.45, 7) is 12.1. The first kappa shape index (κ1) is 47.0. The molecule has 4 unspecified atom stereocenters. The van der Waals surface area contributed by atoms with E-state index in [4.69, 9.17) is 23.7 Å². The Bertz CT molecular complexity index is 1080. The summed E-state index contributed by atoms with van der Waals surface area (Å²) in [5.41, 5.74) is 0.0582. The summed E-state index contributed by atoms with van der Waals surface area (Å²) in [4.78, 5) is 53.0. The van der Waals surface area contributed by atoms with Gasteiger partial charge in [0, 0.05) is 19.4 Å². The van der Waals surface area contributed by atoms with Crippen molar-refractivity contribution in [3.63, 3.8) is 0 Å². The molecule has 55 heavy (non-hydrogen) atoms. The van der Waals surface area contributed by atoms with Gasteiger partial charge in [-0.3, -0.25) is 14.4 Å². The van der Waals surface area contributed by atoms with Crippen LogP contribution >= 0.6 is 0 Å². The number of rotatable bonds is 31. The van der Waals surface area contributed by atoms with E-state index in [0.29, 0.717) is 38.2 Å². The molecule has 0 heterocycles. The van der Waals surface area contributed by atoms with Gasteiger partial charge in [-0.1, -0.05) is 91.9 Å². The standard InChI is InChI=1S/C45H79NO9/c1-5-9-11-14-19-36(18-10-6-2)32-52-41(47)20-15-12-13-16-21-42(48)53-33-40(35-55-44(50)51-25-17-24-46(7-3)8-4)34-54-43(49)31-45-28-37-22-23-38(29-45)27-39(26-37)30-45/h36-40H,5-35H2,1-4H3. The van der Waals surface area contributed by atoms with Crippen LogP contribution in [0, 0.1) is 35.0 Å². The highest BCUT2D eigenvalue weighted by Crippen LogP contribution is 2.59. The second-order valence-corrected chi connectivity index (χ2v) is 17.4. The van der Waals surface area contributed by atoms with Crippen molar-refractivity contribution in [3.8, 4) is 0 Å². The number of hydrogen-bond donors (Lipinski definition) is 0. The van der Waals surface area contributed by atoms with E-state index >= 15 is 0 Å². The van der Waals surface area contributed by atoms with Crippen LogP contribution in [0.15, 0.2) is 0 Å². The van der Waals surface area contributed by atoms with Crippen LogP contribution in [-0.2, 0) is 38.1 Å². The lowest BCUT2D eigenvalue weighted by Gasteiger charge is -2.48. The maximum absolute atomic E-state index is 13.2. The number of carbonyl (C=O) groups is 4. The molecule has 0 aliphatic heterocycles. The molecule has 4 saturated carbocycles. The number of nitrogens with zero attached hydrogens (tertiary/aromatic N) is 1. The number of ether oxygens (including phenoxy) is 5. The van der Waals surface area contributed by atoms with Crippen molar-refractivity contribution < 1.29 is 42.9 Å². The Morgan fingerprint density at radius 1 is 0.564 bits per heavy atom. The molecule has 4 rings (SSSR count). The van der Waals surface area contributed by atoms with Gasteiger partial charge in [0.1, 0.15) is 19.8 Å². The molecule has 10 nitrogen and oxygen atoms in total. The number of carbonyl (C=O) groups excluding carboxylic acids is 4. The molecule has 0 radical (unpaired) electrons. The molecule has 4 aliphatic rings. The van der Waals surface area contributed by atoms with Gasteiger partial charge in [0.2, 0.25) is 0 Å². The largest absolute Gasteiger partial charge is 0.508 e. The predicted octanol–water partition coefficient (Wildman–Crippen LogP) is 10.2. The second-order valence-electron chi connectivity index (χ2n) is 17.4. The van der Waals surface area contributed by atoms with Crippen LogP contribution in [0.25, 0.3) is 0 Å². The highest BCUT2D eigenvalue weighted by molar-refractivity contribution is 5.71. The normalized spacial score (nSPS) is 22.5. The van der Waals surface area contributed by atoms with Crippen LogP contribution < -0.4 is 0 Å². The van der Waals surface area contributed by atoms with Gasteiger partial charge in [0.15, 0.2) is 0 Å². The second kappa shape index (κ2) is 27.3. The Hall–Kier alpha value is -2.36. The van der Waals surface area contributed by atoms with Crippen LogP contribution in [0.3, 0.4) is 0 Å². The Morgan fingerprint density at radius 2 is 1.09 bits per heavy atom. The van der Waals surface area contributed by atoms with Gasteiger partial charge >= 0.3 is 24.1 Å². The lowest BCUT2D eigenvalue weighted by atomic mass is 9.57. The zero-order valence-corrected chi connectivity index (χ0v) is 35.4. The van der Waals surface area contributed by atoms with Gasteiger partial charge in [0.05, 0.1) is 25.6 Å². The first-order valence-electron chi connectivity index (χ1n) is 22.7. The average Bonchev–Trinajstić information content (AvgIpc) is 3.38. The number of fused-ring (bicyclic) bond motifs is 1. The fourth-order valence-corrected chi connectivity index (χ4v) is 9.63. The molecule has 0 aromatic heterocycles. The molecule has 0 N–H and O–H groups in total. The lowest BCUT2D eigenvalue weighted by molar-refractivity contribution is -0.153. The van der Waals surface area contributed by atoms with Crippen molar-refractivity contribution in [3.05, 3.63) is 0 Å². The van der Waals surface area contributed by atoms with Crippen molar-refractivity contribution >= 4 is 24.1 Å². The van der Waals surface area contributed by atoms with Gasteiger partial charge in [-0.15, -0.1) is 0 Å². The van der Waals surface area contributed by atoms with Gasteiger partial charge in [0.25, 0.3) is 0 Å². The van der Waals surface area contributed by atoms with Gasteiger partial charge in [-0.05, 0) is 106 Å². The van der Waals surface area contributed by atoms with Crippen molar-refractivity contribution in [1.82, 2.24) is 4.90 Å². The van der Waals surface area contributed by atoms with E-state index in [0.717, 1.165) is 95.2 Å². The molecule has 0 aromatic rings. The molecule has 4 bridgehead atoms. The minimum atomic E-state index is -0.769. The van der Waals surface area contributed by atoms with Crippen LogP contribution in [0.1, 0.15) is 175 Å². The zero-order chi connectivity index (χ0) is 39.7. The third-order valence-corrected chi connectivity index (χ3v) is 12.6. The molecule has 0 spiro atoms. The molecule has 0 aromatic carbocycles. The van der Waals surface area contributed by atoms with Crippen LogP contribution in [-0.4, -0.2) is 81.6 Å². The fourth-order valence-electron chi connectivity index (χ4n) is 9.63. The summed E-state index contributed by atoms with van der Waals surface area (Å²) in [6, 6.07) is 0. The number of unbranched alkanes of at least 4 members (excludes halogenated alkanes) is 7. The van der Waals surface area contributed by atoms with E-state index in [1.54, 1.807) is 0 Å². The molecule has 10 heteroatoms. The summed E-state index contributed by atoms with van der Waals surface area (Å²) in [6.07, 6.45) is 22.2. The Kier molecular flexibility index (Phi) is 23.3. The van der Waals surface area contributed by atoms with Crippen LogP contribution in [0.4, 0.5) is 4.79 Å². The summed E-state index contributed by atoms with van der Waals surface area (Å²) in [5, 5.41) is 0. The van der Waals surface area contributed by atoms with Crippen molar-refractivity contribution in [2.75, 3.05) is 52.7 Å². The molecule has 0 amide bonds. The smallest absolute Gasteiger partial charge is 0.465 e. The third kappa shape index (κ3) is 19.6. The Labute approximate surface area is 334 Å². The van der Waals surface area contributed by atoms with E-state index in [1.165, 1.54) is 57.8 Å². The molecule has 0 saturated heterocycles. The summed E-state index contributed by atoms with van der Waals surface area (Å²) >= 11 is 0. The molecule has 4 atom stereocenters. The highest BCUT2D eigenvalue weighted by atomic mass is 16.7. The van der Waals surface area contributed by atoms with Crippen LogP contribution in [0.2, 0.25) is 0 Å². The third-order valence-electron chi connectivity index (χ3n) is 12.6. The maximum atomic E-state index is 13.2. The van der Waals surface area contributed by atoms with Crippen molar-refractivity contribution in [2.24, 2.45) is 35.0 Å². The van der Waals surface area contributed by atoms with Crippen molar-refractivity contribution in [2.45, 2.75) is 175 Å². The van der Waals surface area contributed by atoms with E-state index < -0.39 is 12.1 Å². The van der Waals surface area contributed by atoms with Gasteiger partial charge in [-0.2, -0.15) is 0 Å². The topological polar surface area (TPSA) is 118 Å². The first-order chi connectivity index (χ1) is 26.7. The van der Waals surface area contributed by atoms with Crippen LogP contribution in [0.5, 0.6) is 0 Å². The van der Waals surface area contributed by atoms with E-state index in [1.807, 2.05) is 0 Å². The number of hydrogen-bond acceptors (Lipinski definition) is 10. The minimum absolute atomic E-state index is 0.0115. The molecule has 318 valence electrons. The Balaban J connectivity index is 1.35. The lowest BCUT2D eigenvalue weighted by Crippen LogP contribution is -2.39. The van der Waals surface area contributed by atoms with Gasteiger partial charge in [-0.25, -0.2) is 4.79 Å². The first-order valence-corrected chi connectivity index (χ1v) is 22.7. The summed E-state index contributed by atoms with van der Waals surface area (Å²) in [5.74, 6) is 1.51. The van der Waals surface area contributed by atoms with E-state index in [-0.39, 0.29) is 56.2 Å². The highest BCUT2D eigenvalue weighted by Gasteiger charge is 2.49. The molecule has 4 aliphatic carbocycles. The average molecular weight is 778 g/mol. The number of esters is 3. The van der Waals surface area contributed by atoms with Crippen molar-refractivity contribution in [1.29, 1.82) is 0 Å². The molecule has 4 fully saturated rings. The minimum Gasteiger partial charge on any atom is -0.465 e. The SMILES string of the molecule is CCCCCCC(CCCC)COC(=O)CCCCCCC(=O)OCC(COC(=O)CC12CC3CCC(CC(C3)C1)C2)COC(=O)OCCCN(CC)CC. The fraction of sp³-hybridized carbons (Fsp3) is 0.911. The monoisotopic (exact) mass is 778 g/mol. The molecular formula is C45H79NO9. The summed E-state index contributed by atoms with van der Waals surface area (Å²) in [7, 11) is 0. The predicted molar refractivity (Wildman–Crippen MR) is 215 cm³/mol. The molecular weight excluding hydrogens is 698 g/mol. The Morgan fingerprint density at radius 3 is 1.69 bits per heavy atom.